The van der Waals surface area contributed by atoms with Crippen molar-refractivity contribution in [2.75, 3.05) is 13.1 Å². The van der Waals surface area contributed by atoms with Gasteiger partial charge in [0.1, 0.15) is 0 Å². The number of nitrogens with zero attached hydrogens (tertiary/aromatic N) is 1. The Morgan fingerprint density at radius 3 is 2.25 bits per heavy atom. The third kappa shape index (κ3) is 5.37. The fourth-order valence-electron chi connectivity index (χ4n) is 3.42. The first-order chi connectivity index (χ1) is 9.47. The van der Waals surface area contributed by atoms with Gasteiger partial charge in [-0.3, -0.25) is 4.90 Å². The molecule has 0 saturated carbocycles. The Hall–Kier alpha value is -0.0800. The summed E-state index contributed by atoms with van der Waals surface area (Å²) in [7, 11) is 0. The molecule has 0 aromatic rings. The van der Waals surface area contributed by atoms with Gasteiger partial charge in [0.2, 0.25) is 0 Å². The Kier molecular flexibility index (Phi) is 8.13. The van der Waals surface area contributed by atoms with E-state index >= 15 is 0 Å². The highest BCUT2D eigenvalue weighted by Crippen LogP contribution is 2.23. The fraction of sp³-hybridized carbons (Fsp3) is 1.00. The molecule has 2 heteroatoms. The number of nitrogens with one attached hydrogen (secondary N) is 1. The van der Waals surface area contributed by atoms with E-state index in [4.69, 9.17) is 0 Å². The van der Waals surface area contributed by atoms with E-state index in [2.05, 4.69) is 51.8 Å². The van der Waals surface area contributed by atoms with Crippen molar-refractivity contribution in [2.45, 2.75) is 91.8 Å². The molecule has 3 atom stereocenters. The number of unbranched alkanes of at least 4 members (excludes halogenated alkanes) is 3. The van der Waals surface area contributed by atoms with E-state index in [1.54, 1.807) is 0 Å². The minimum Gasteiger partial charge on any atom is -0.311 e. The van der Waals surface area contributed by atoms with Gasteiger partial charge in [-0.2, -0.15) is 0 Å². The van der Waals surface area contributed by atoms with E-state index in [1.165, 1.54) is 45.2 Å². The van der Waals surface area contributed by atoms with E-state index in [-0.39, 0.29) is 0 Å². The second kappa shape index (κ2) is 9.04. The fourth-order valence-corrected chi connectivity index (χ4v) is 3.42. The van der Waals surface area contributed by atoms with Crippen LogP contribution < -0.4 is 5.32 Å². The molecule has 1 saturated heterocycles. The van der Waals surface area contributed by atoms with Crippen LogP contribution >= 0.6 is 0 Å². The summed E-state index contributed by atoms with van der Waals surface area (Å²) in [5, 5.41) is 3.77. The molecule has 0 aromatic carbocycles. The Morgan fingerprint density at radius 2 is 1.70 bits per heavy atom. The first kappa shape index (κ1) is 18.0. The van der Waals surface area contributed by atoms with Crippen molar-refractivity contribution in [1.29, 1.82) is 0 Å². The maximum Gasteiger partial charge on any atom is 0.0247 e. The summed E-state index contributed by atoms with van der Waals surface area (Å²) < 4.78 is 0. The van der Waals surface area contributed by atoms with Crippen LogP contribution in [-0.4, -0.2) is 36.1 Å². The molecule has 0 bridgehead atoms. The average molecular weight is 283 g/mol. The third-order valence-corrected chi connectivity index (χ3v) is 5.04. The maximum atomic E-state index is 3.77. The van der Waals surface area contributed by atoms with E-state index in [9.17, 15) is 0 Å². The second-order valence-electron chi connectivity index (χ2n) is 7.47. The smallest absolute Gasteiger partial charge is 0.0247 e. The lowest BCUT2D eigenvalue weighted by atomic mass is 9.92. The van der Waals surface area contributed by atoms with Crippen molar-refractivity contribution in [3.05, 3.63) is 0 Å². The first-order valence-electron chi connectivity index (χ1n) is 8.96. The highest BCUT2D eigenvalue weighted by atomic mass is 15.3. The largest absolute Gasteiger partial charge is 0.311 e. The summed E-state index contributed by atoms with van der Waals surface area (Å²) in [4.78, 5) is 2.80. The summed E-state index contributed by atoms with van der Waals surface area (Å²) in [6.45, 7) is 16.6. The van der Waals surface area contributed by atoms with Crippen molar-refractivity contribution < 1.29 is 0 Å². The summed E-state index contributed by atoms with van der Waals surface area (Å²) in [5.74, 6) is 1.48. The predicted octanol–water partition coefficient (Wildman–Crippen LogP) is 4.30. The molecule has 2 nitrogen and oxygen atoms in total. The predicted molar refractivity (Wildman–Crippen MR) is 90.2 cm³/mol. The molecule has 1 rings (SSSR count). The minimum absolute atomic E-state index is 0.670. The van der Waals surface area contributed by atoms with Gasteiger partial charge in [0.05, 0.1) is 0 Å². The number of piperazine rings is 1. The standard InChI is InChI=1S/C18H38N2/c1-7-8-9-10-11-16(6)20-13-17(14(2)3)19-12-18(20)15(4)5/h14-19H,7-13H2,1-6H3. The van der Waals surface area contributed by atoms with Crippen molar-refractivity contribution in [3.8, 4) is 0 Å². The summed E-state index contributed by atoms with van der Waals surface area (Å²) in [5.41, 5.74) is 0. The molecule has 20 heavy (non-hydrogen) atoms. The molecule has 1 aliphatic rings. The minimum atomic E-state index is 0.670. The lowest BCUT2D eigenvalue weighted by Gasteiger charge is -2.46. The van der Waals surface area contributed by atoms with E-state index in [0.717, 1.165) is 17.9 Å². The zero-order valence-corrected chi connectivity index (χ0v) is 14.8. The average Bonchev–Trinajstić information content (AvgIpc) is 2.42. The first-order valence-corrected chi connectivity index (χ1v) is 8.96. The monoisotopic (exact) mass is 282 g/mol. The summed E-state index contributed by atoms with van der Waals surface area (Å²) in [6.07, 6.45) is 6.92. The molecule has 1 aliphatic heterocycles. The quantitative estimate of drug-likeness (QED) is 0.668. The molecular formula is C18H38N2. The Bertz CT molecular complexity index is 250. The van der Waals surface area contributed by atoms with E-state index in [1.807, 2.05) is 0 Å². The summed E-state index contributed by atoms with van der Waals surface area (Å²) >= 11 is 0. The van der Waals surface area contributed by atoms with Gasteiger partial charge in [0, 0.05) is 31.2 Å². The lowest BCUT2D eigenvalue weighted by Crippen LogP contribution is -2.61. The van der Waals surface area contributed by atoms with E-state index in [0.29, 0.717) is 12.1 Å². The SMILES string of the molecule is CCCCCCC(C)N1CC(C(C)C)NCC1C(C)C. The van der Waals surface area contributed by atoms with Crippen LogP contribution in [0.3, 0.4) is 0 Å². The van der Waals surface area contributed by atoms with Crippen molar-refractivity contribution in [1.82, 2.24) is 10.2 Å². The molecule has 0 aromatic heterocycles. The molecule has 0 radical (unpaired) electrons. The normalized spacial score (nSPS) is 26.4. The van der Waals surface area contributed by atoms with Gasteiger partial charge in [-0.05, 0) is 25.2 Å². The van der Waals surface area contributed by atoms with Gasteiger partial charge >= 0.3 is 0 Å². The molecule has 0 spiro atoms. The number of rotatable bonds is 8. The van der Waals surface area contributed by atoms with Gasteiger partial charge in [0.25, 0.3) is 0 Å². The highest BCUT2D eigenvalue weighted by Gasteiger charge is 2.33. The zero-order chi connectivity index (χ0) is 15.1. The van der Waals surface area contributed by atoms with Crippen molar-refractivity contribution in [2.24, 2.45) is 11.8 Å². The molecule has 1 N–H and O–H groups in total. The molecule has 0 aliphatic carbocycles. The van der Waals surface area contributed by atoms with Crippen LogP contribution in [0.4, 0.5) is 0 Å². The molecular weight excluding hydrogens is 244 g/mol. The van der Waals surface area contributed by atoms with Gasteiger partial charge < -0.3 is 5.32 Å². The van der Waals surface area contributed by atoms with Crippen LogP contribution in [0.2, 0.25) is 0 Å². The number of hydrogen-bond acceptors (Lipinski definition) is 2. The van der Waals surface area contributed by atoms with Gasteiger partial charge in [-0.25, -0.2) is 0 Å². The van der Waals surface area contributed by atoms with Crippen LogP contribution in [0.15, 0.2) is 0 Å². The van der Waals surface area contributed by atoms with E-state index < -0.39 is 0 Å². The van der Waals surface area contributed by atoms with Gasteiger partial charge in [-0.15, -0.1) is 0 Å². The molecule has 1 fully saturated rings. The Labute approximate surface area is 127 Å². The maximum absolute atomic E-state index is 3.77. The van der Waals surface area contributed by atoms with Crippen molar-refractivity contribution in [3.63, 3.8) is 0 Å². The molecule has 3 unspecified atom stereocenters. The Morgan fingerprint density at radius 1 is 1.00 bits per heavy atom. The number of hydrogen-bond donors (Lipinski definition) is 1. The molecule has 120 valence electrons. The van der Waals surface area contributed by atoms with Gasteiger partial charge in [-0.1, -0.05) is 60.3 Å². The van der Waals surface area contributed by atoms with Crippen LogP contribution in [0.25, 0.3) is 0 Å². The third-order valence-electron chi connectivity index (χ3n) is 5.04. The zero-order valence-electron chi connectivity index (χ0n) is 14.8. The summed E-state index contributed by atoms with van der Waals surface area (Å²) in [6, 6.07) is 2.12. The van der Waals surface area contributed by atoms with Crippen LogP contribution in [-0.2, 0) is 0 Å². The van der Waals surface area contributed by atoms with Crippen LogP contribution in [0.5, 0.6) is 0 Å². The Balaban J connectivity index is 2.54. The van der Waals surface area contributed by atoms with Crippen molar-refractivity contribution >= 4 is 0 Å². The topological polar surface area (TPSA) is 15.3 Å². The van der Waals surface area contributed by atoms with Crippen LogP contribution in [0.1, 0.15) is 73.6 Å². The molecule has 1 heterocycles. The van der Waals surface area contributed by atoms with Gasteiger partial charge in [0.15, 0.2) is 0 Å². The molecule has 0 amide bonds. The van der Waals surface area contributed by atoms with Crippen LogP contribution in [0, 0.1) is 11.8 Å². The second-order valence-corrected chi connectivity index (χ2v) is 7.47. The lowest BCUT2D eigenvalue weighted by molar-refractivity contribution is 0.0476. The highest BCUT2D eigenvalue weighted by molar-refractivity contribution is 4.91.